The van der Waals surface area contributed by atoms with Gasteiger partial charge in [0.1, 0.15) is 6.54 Å². The topological polar surface area (TPSA) is 77.4 Å². The standard InChI is InChI=1S/C9H21NO4S/c1-3-10(4-2,7-8-11)6-5-9-15(12,13)14/h11H,3-9H2,1-2H3. The van der Waals surface area contributed by atoms with Crippen LogP contribution in [0.4, 0.5) is 0 Å². The van der Waals surface area contributed by atoms with Crippen LogP contribution in [-0.2, 0) is 10.1 Å². The number of hydrogen-bond acceptors (Lipinski definition) is 4. The predicted octanol–water partition coefficient (Wildman–Crippen LogP) is -0.229. The van der Waals surface area contributed by atoms with Crippen LogP contribution in [0.15, 0.2) is 0 Å². The Bertz CT molecular complexity index is 259. The second-order valence-corrected chi connectivity index (χ2v) is 5.28. The molecule has 0 amide bonds. The van der Waals surface area contributed by atoms with E-state index in [9.17, 15) is 13.0 Å². The summed E-state index contributed by atoms with van der Waals surface area (Å²) in [5, 5.41) is 8.93. The minimum Gasteiger partial charge on any atom is -0.748 e. The van der Waals surface area contributed by atoms with E-state index in [-0.39, 0.29) is 12.4 Å². The van der Waals surface area contributed by atoms with Gasteiger partial charge in [0.2, 0.25) is 0 Å². The molecule has 0 aliphatic heterocycles. The van der Waals surface area contributed by atoms with Crippen LogP contribution in [0.25, 0.3) is 0 Å². The molecule has 0 aliphatic carbocycles. The molecule has 0 aliphatic rings. The molecule has 0 atom stereocenters. The molecule has 0 spiro atoms. The molecule has 6 heteroatoms. The molecule has 0 heterocycles. The molecule has 0 fully saturated rings. The van der Waals surface area contributed by atoms with Crippen LogP contribution in [0.3, 0.4) is 0 Å². The highest BCUT2D eigenvalue weighted by atomic mass is 32.2. The summed E-state index contributed by atoms with van der Waals surface area (Å²) >= 11 is 0. The van der Waals surface area contributed by atoms with E-state index >= 15 is 0 Å². The average Bonchev–Trinajstić information content (AvgIpc) is 2.14. The quantitative estimate of drug-likeness (QED) is 0.469. The van der Waals surface area contributed by atoms with E-state index in [4.69, 9.17) is 5.11 Å². The van der Waals surface area contributed by atoms with Crippen molar-refractivity contribution < 1.29 is 22.6 Å². The van der Waals surface area contributed by atoms with Crippen molar-refractivity contribution in [3.63, 3.8) is 0 Å². The van der Waals surface area contributed by atoms with Crippen LogP contribution >= 0.6 is 0 Å². The molecule has 0 unspecified atom stereocenters. The summed E-state index contributed by atoms with van der Waals surface area (Å²) in [6.45, 7) is 7.04. The molecular weight excluding hydrogens is 218 g/mol. The summed E-state index contributed by atoms with van der Waals surface area (Å²) in [6, 6.07) is 0. The Labute approximate surface area is 92.1 Å². The summed E-state index contributed by atoms with van der Waals surface area (Å²) in [6.07, 6.45) is 0.369. The monoisotopic (exact) mass is 239 g/mol. The summed E-state index contributed by atoms with van der Waals surface area (Å²) in [5.74, 6) is -0.307. The van der Waals surface area contributed by atoms with Gasteiger partial charge in [-0.2, -0.15) is 0 Å². The molecule has 0 rings (SSSR count). The number of rotatable bonds is 8. The third kappa shape index (κ3) is 6.09. The molecule has 0 aromatic heterocycles. The lowest BCUT2D eigenvalue weighted by Gasteiger charge is -2.36. The molecule has 0 aromatic rings. The van der Waals surface area contributed by atoms with E-state index in [1.165, 1.54) is 0 Å². The molecule has 0 aromatic carbocycles. The van der Waals surface area contributed by atoms with Gasteiger partial charge in [0.05, 0.1) is 36.4 Å². The van der Waals surface area contributed by atoms with Crippen molar-refractivity contribution in [1.29, 1.82) is 0 Å². The summed E-state index contributed by atoms with van der Waals surface area (Å²) in [4.78, 5) is 0. The maximum atomic E-state index is 10.4. The first-order chi connectivity index (χ1) is 6.89. The first-order valence-electron chi connectivity index (χ1n) is 5.28. The van der Waals surface area contributed by atoms with Gasteiger partial charge in [-0.3, -0.25) is 0 Å². The average molecular weight is 239 g/mol. The largest absolute Gasteiger partial charge is 0.748 e. The Kier molecular flexibility index (Phi) is 6.35. The third-order valence-corrected chi connectivity index (χ3v) is 3.73. The number of quaternary nitrogens is 1. The van der Waals surface area contributed by atoms with Gasteiger partial charge in [-0.25, -0.2) is 8.42 Å². The molecular formula is C9H21NO4S. The van der Waals surface area contributed by atoms with E-state index in [0.717, 1.165) is 13.1 Å². The van der Waals surface area contributed by atoms with Gasteiger partial charge in [-0.15, -0.1) is 0 Å². The summed E-state index contributed by atoms with van der Waals surface area (Å²) in [5.41, 5.74) is 0. The minimum atomic E-state index is -4.10. The van der Waals surface area contributed by atoms with Crippen LogP contribution < -0.4 is 0 Å². The van der Waals surface area contributed by atoms with Crippen molar-refractivity contribution in [2.45, 2.75) is 20.3 Å². The van der Waals surface area contributed by atoms with Crippen LogP contribution in [0, 0.1) is 0 Å². The minimum absolute atomic E-state index is 0.0891. The lowest BCUT2D eigenvalue weighted by molar-refractivity contribution is -0.925. The van der Waals surface area contributed by atoms with Crippen molar-refractivity contribution >= 4 is 10.1 Å². The lowest BCUT2D eigenvalue weighted by atomic mass is 10.3. The first-order valence-corrected chi connectivity index (χ1v) is 6.86. The van der Waals surface area contributed by atoms with Crippen molar-refractivity contribution in [3.05, 3.63) is 0 Å². The van der Waals surface area contributed by atoms with Crippen LogP contribution in [0.1, 0.15) is 20.3 Å². The van der Waals surface area contributed by atoms with Crippen molar-refractivity contribution in [2.75, 3.05) is 38.5 Å². The molecule has 92 valence electrons. The fourth-order valence-corrected chi connectivity index (χ4v) is 2.24. The molecule has 0 saturated heterocycles. The Morgan fingerprint density at radius 1 is 1.20 bits per heavy atom. The highest BCUT2D eigenvalue weighted by Gasteiger charge is 2.21. The Balaban J connectivity index is 4.18. The van der Waals surface area contributed by atoms with E-state index < -0.39 is 10.1 Å². The second kappa shape index (κ2) is 6.42. The maximum absolute atomic E-state index is 10.4. The molecule has 0 bridgehead atoms. The fraction of sp³-hybridized carbons (Fsp3) is 1.00. The molecule has 0 radical (unpaired) electrons. The summed E-state index contributed by atoms with van der Waals surface area (Å²) < 4.78 is 32.0. The van der Waals surface area contributed by atoms with Crippen LogP contribution in [-0.4, -0.2) is 61.1 Å². The Morgan fingerprint density at radius 2 is 1.73 bits per heavy atom. The highest BCUT2D eigenvalue weighted by Crippen LogP contribution is 2.07. The molecule has 15 heavy (non-hydrogen) atoms. The first kappa shape index (κ1) is 14.8. The molecule has 5 nitrogen and oxygen atoms in total. The van der Waals surface area contributed by atoms with Crippen LogP contribution in [0.5, 0.6) is 0 Å². The van der Waals surface area contributed by atoms with Gasteiger partial charge >= 0.3 is 0 Å². The van der Waals surface area contributed by atoms with Crippen molar-refractivity contribution in [1.82, 2.24) is 0 Å². The van der Waals surface area contributed by atoms with E-state index in [1.807, 2.05) is 13.8 Å². The predicted molar refractivity (Wildman–Crippen MR) is 57.3 cm³/mol. The third-order valence-electron chi connectivity index (χ3n) is 2.94. The fourth-order valence-electron chi connectivity index (χ4n) is 1.76. The van der Waals surface area contributed by atoms with E-state index in [0.29, 0.717) is 24.0 Å². The summed E-state index contributed by atoms with van der Waals surface area (Å²) in [7, 11) is -4.10. The Morgan fingerprint density at radius 3 is 2.07 bits per heavy atom. The molecule has 1 N–H and O–H groups in total. The zero-order valence-corrected chi connectivity index (χ0v) is 10.3. The van der Waals surface area contributed by atoms with Crippen molar-refractivity contribution in [3.8, 4) is 0 Å². The maximum Gasteiger partial charge on any atom is 0.102 e. The number of aliphatic hydroxyl groups is 1. The zero-order chi connectivity index (χ0) is 11.9. The van der Waals surface area contributed by atoms with Crippen molar-refractivity contribution in [2.24, 2.45) is 0 Å². The SMILES string of the molecule is CC[N+](CC)(CCO)CCCS(=O)(=O)[O-]. The molecule has 0 saturated carbocycles. The smallest absolute Gasteiger partial charge is 0.102 e. The lowest BCUT2D eigenvalue weighted by Crippen LogP contribution is -2.50. The Hall–Kier alpha value is -0.170. The zero-order valence-electron chi connectivity index (χ0n) is 9.48. The van der Waals surface area contributed by atoms with Crippen LogP contribution in [0.2, 0.25) is 0 Å². The van der Waals surface area contributed by atoms with Gasteiger partial charge in [0.15, 0.2) is 0 Å². The van der Waals surface area contributed by atoms with Gasteiger partial charge in [-0.05, 0) is 13.8 Å². The van der Waals surface area contributed by atoms with E-state index in [2.05, 4.69) is 0 Å². The second-order valence-electron chi connectivity index (χ2n) is 3.76. The number of nitrogens with zero attached hydrogens (tertiary/aromatic N) is 1. The van der Waals surface area contributed by atoms with Gasteiger partial charge in [0, 0.05) is 12.2 Å². The highest BCUT2D eigenvalue weighted by molar-refractivity contribution is 7.85. The van der Waals surface area contributed by atoms with Gasteiger partial charge in [-0.1, -0.05) is 0 Å². The normalized spacial score (nSPS) is 13.1. The number of aliphatic hydroxyl groups excluding tert-OH is 1. The van der Waals surface area contributed by atoms with Gasteiger partial charge in [0.25, 0.3) is 0 Å². The van der Waals surface area contributed by atoms with E-state index in [1.54, 1.807) is 0 Å². The van der Waals surface area contributed by atoms with Gasteiger partial charge < -0.3 is 14.1 Å². The number of likely N-dealkylation sites (N-methyl/N-ethyl adjacent to an activating group) is 1. The number of hydrogen-bond donors (Lipinski definition) is 1.